The second-order valence-electron chi connectivity index (χ2n) is 15.1. The minimum Gasteiger partial charge on any atom is -0.309 e. The standard InChI is InChI=1S/C54H35N/c1-3-16-34(17-4-1)36-30-31-39(38-21-8-7-20-37(36)38)45-32-33-46(53-51-43-25-11-9-23-41(43)50(52(45)53)42-24-10-12-26-44(42)51)48-28-15-27-47-40-22-13-14-29-49(40)55(54(47)48)35-18-5-2-6-19-35/h1-33,50-51H. The molecule has 0 atom stereocenters. The highest BCUT2D eigenvalue weighted by atomic mass is 15.0. The Morgan fingerprint density at radius 3 is 1.38 bits per heavy atom. The molecular formula is C54H35N. The van der Waals surface area contributed by atoms with Crippen molar-refractivity contribution in [2.24, 2.45) is 0 Å². The third-order valence-electron chi connectivity index (χ3n) is 12.4. The van der Waals surface area contributed by atoms with Crippen LogP contribution in [0.3, 0.4) is 0 Å². The normalized spacial score (nSPS) is 15.3. The Hall–Kier alpha value is -6.96. The zero-order valence-electron chi connectivity index (χ0n) is 30.2. The first-order valence-corrected chi connectivity index (χ1v) is 19.3. The number of aromatic nitrogens is 1. The van der Waals surface area contributed by atoms with Crippen molar-refractivity contribution in [1.29, 1.82) is 0 Å². The van der Waals surface area contributed by atoms with Crippen LogP contribution in [0.1, 0.15) is 45.2 Å². The summed E-state index contributed by atoms with van der Waals surface area (Å²) >= 11 is 0. The van der Waals surface area contributed by atoms with Gasteiger partial charge in [0.05, 0.1) is 11.0 Å². The molecule has 3 aliphatic carbocycles. The van der Waals surface area contributed by atoms with Gasteiger partial charge in [-0.2, -0.15) is 0 Å². The van der Waals surface area contributed by atoms with E-state index in [9.17, 15) is 0 Å². The first-order valence-electron chi connectivity index (χ1n) is 19.3. The second-order valence-corrected chi connectivity index (χ2v) is 15.1. The van der Waals surface area contributed by atoms with E-state index in [0.29, 0.717) is 0 Å². The summed E-state index contributed by atoms with van der Waals surface area (Å²) < 4.78 is 2.49. The quantitative estimate of drug-likeness (QED) is 0.173. The fraction of sp³-hybridized carbons (Fsp3) is 0.0370. The van der Waals surface area contributed by atoms with E-state index in [2.05, 4.69) is 205 Å². The Bertz CT molecular complexity index is 3100. The number of nitrogens with zero attached hydrogens (tertiary/aromatic N) is 1. The maximum absolute atomic E-state index is 2.49. The van der Waals surface area contributed by atoms with Crippen molar-refractivity contribution >= 4 is 32.6 Å². The number of para-hydroxylation sites is 3. The highest BCUT2D eigenvalue weighted by molar-refractivity contribution is 6.14. The molecule has 0 saturated carbocycles. The van der Waals surface area contributed by atoms with Gasteiger partial charge in [0.15, 0.2) is 0 Å². The van der Waals surface area contributed by atoms with E-state index in [-0.39, 0.29) is 11.8 Å². The predicted molar refractivity (Wildman–Crippen MR) is 229 cm³/mol. The highest BCUT2D eigenvalue weighted by Gasteiger charge is 2.44. The Labute approximate surface area is 320 Å². The van der Waals surface area contributed by atoms with Crippen LogP contribution in [0.4, 0.5) is 0 Å². The van der Waals surface area contributed by atoms with E-state index < -0.39 is 0 Å². The van der Waals surface area contributed by atoms with Gasteiger partial charge in [0, 0.05) is 33.9 Å². The average Bonchev–Trinajstić information content (AvgIpc) is 3.61. The van der Waals surface area contributed by atoms with Crippen molar-refractivity contribution in [1.82, 2.24) is 4.57 Å². The molecule has 0 unspecified atom stereocenters. The van der Waals surface area contributed by atoms with Crippen LogP contribution >= 0.6 is 0 Å². The number of fused-ring (bicyclic) bond motifs is 4. The molecule has 55 heavy (non-hydrogen) atoms. The molecule has 0 spiro atoms. The fourth-order valence-electron chi connectivity index (χ4n) is 10.2. The van der Waals surface area contributed by atoms with Gasteiger partial charge in [0.2, 0.25) is 0 Å². The zero-order valence-corrected chi connectivity index (χ0v) is 30.2. The van der Waals surface area contributed by atoms with E-state index in [0.717, 1.165) is 0 Å². The number of hydrogen-bond donors (Lipinski definition) is 0. The van der Waals surface area contributed by atoms with Crippen molar-refractivity contribution < 1.29 is 0 Å². The van der Waals surface area contributed by atoms with Crippen LogP contribution in [0.2, 0.25) is 0 Å². The molecule has 1 nitrogen and oxygen atoms in total. The molecule has 0 radical (unpaired) electrons. The molecule has 13 rings (SSSR count). The molecule has 256 valence electrons. The van der Waals surface area contributed by atoms with Crippen molar-refractivity contribution in [2.75, 3.05) is 0 Å². The SMILES string of the molecule is c1ccc(-c2ccc(-c3ccc(-c4cccc5c6ccccc6n(-c6ccccc6)c45)c4c3C3c5ccccc5C4c4ccccc43)c3ccccc23)cc1. The predicted octanol–water partition coefficient (Wildman–Crippen LogP) is 13.9. The number of rotatable bonds is 4. The van der Waals surface area contributed by atoms with E-state index in [1.807, 2.05) is 0 Å². The Kier molecular flexibility index (Phi) is 6.53. The fourth-order valence-corrected chi connectivity index (χ4v) is 10.2. The van der Waals surface area contributed by atoms with E-state index in [1.165, 1.54) is 105 Å². The lowest BCUT2D eigenvalue weighted by molar-refractivity contribution is 0.758. The van der Waals surface area contributed by atoms with Gasteiger partial charge in [-0.3, -0.25) is 0 Å². The van der Waals surface area contributed by atoms with Gasteiger partial charge in [0.1, 0.15) is 0 Å². The molecule has 1 heterocycles. The van der Waals surface area contributed by atoms with Crippen LogP contribution in [0, 0.1) is 0 Å². The third kappa shape index (κ3) is 4.30. The van der Waals surface area contributed by atoms with Crippen LogP contribution in [0.5, 0.6) is 0 Å². The highest BCUT2D eigenvalue weighted by Crippen LogP contribution is 2.60. The van der Waals surface area contributed by atoms with Gasteiger partial charge in [-0.25, -0.2) is 0 Å². The molecule has 0 amide bonds. The van der Waals surface area contributed by atoms with Crippen molar-refractivity contribution in [2.45, 2.75) is 11.8 Å². The van der Waals surface area contributed by atoms with E-state index >= 15 is 0 Å². The average molecular weight is 698 g/mol. The number of hydrogen-bond acceptors (Lipinski definition) is 0. The maximum atomic E-state index is 2.49. The van der Waals surface area contributed by atoms with Crippen LogP contribution in [-0.4, -0.2) is 4.57 Å². The van der Waals surface area contributed by atoms with Crippen LogP contribution in [0.25, 0.3) is 71.6 Å². The summed E-state index contributed by atoms with van der Waals surface area (Å²) in [5, 5.41) is 5.12. The number of benzene rings is 9. The largest absolute Gasteiger partial charge is 0.309 e. The molecule has 10 aromatic rings. The molecule has 2 bridgehead atoms. The molecule has 1 heteroatoms. The summed E-state index contributed by atoms with van der Waals surface area (Å²) in [5.74, 6) is 0.233. The summed E-state index contributed by atoms with van der Waals surface area (Å²) in [5.41, 5.74) is 20.0. The molecule has 1 aromatic heterocycles. The van der Waals surface area contributed by atoms with Crippen molar-refractivity contribution in [3.63, 3.8) is 0 Å². The van der Waals surface area contributed by atoms with Crippen molar-refractivity contribution in [3.8, 4) is 39.1 Å². The Balaban J connectivity index is 1.21. The monoisotopic (exact) mass is 697 g/mol. The molecule has 9 aromatic carbocycles. The van der Waals surface area contributed by atoms with E-state index in [4.69, 9.17) is 0 Å². The van der Waals surface area contributed by atoms with Gasteiger partial charge in [-0.15, -0.1) is 0 Å². The first kappa shape index (κ1) is 30.5. The lowest BCUT2D eigenvalue weighted by atomic mass is 9.58. The van der Waals surface area contributed by atoms with E-state index in [1.54, 1.807) is 0 Å². The topological polar surface area (TPSA) is 4.93 Å². The van der Waals surface area contributed by atoms with Gasteiger partial charge < -0.3 is 4.57 Å². The van der Waals surface area contributed by atoms with Crippen LogP contribution in [-0.2, 0) is 0 Å². The maximum Gasteiger partial charge on any atom is 0.0619 e. The minimum absolute atomic E-state index is 0.113. The summed E-state index contributed by atoms with van der Waals surface area (Å²) in [4.78, 5) is 0. The van der Waals surface area contributed by atoms with Crippen LogP contribution < -0.4 is 0 Å². The Morgan fingerprint density at radius 1 is 0.291 bits per heavy atom. The summed E-state index contributed by atoms with van der Waals surface area (Å²) in [6.45, 7) is 0. The molecule has 0 saturated heterocycles. The van der Waals surface area contributed by atoms with Gasteiger partial charge in [0.25, 0.3) is 0 Å². The van der Waals surface area contributed by atoms with Crippen molar-refractivity contribution in [3.05, 3.63) is 234 Å². The lowest BCUT2D eigenvalue weighted by Gasteiger charge is -2.44. The first-order chi connectivity index (χ1) is 27.3. The van der Waals surface area contributed by atoms with Gasteiger partial charge in [-0.1, -0.05) is 182 Å². The smallest absolute Gasteiger partial charge is 0.0619 e. The molecule has 0 fully saturated rings. The minimum atomic E-state index is 0.113. The van der Waals surface area contributed by atoms with Gasteiger partial charge in [-0.05, 0) is 90.2 Å². The molecule has 0 N–H and O–H groups in total. The third-order valence-corrected chi connectivity index (χ3v) is 12.4. The summed E-state index contributed by atoms with van der Waals surface area (Å²) in [7, 11) is 0. The molecule has 0 aliphatic heterocycles. The molecular weight excluding hydrogens is 663 g/mol. The zero-order chi connectivity index (χ0) is 36.0. The molecule has 3 aliphatic rings. The second kappa shape index (κ2) is 11.8. The summed E-state index contributed by atoms with van der Waals surface area (Å²) in [6, 6.07) is 74.5. The van der Waals surface area contributed by atoms with Gasteiger partial charge >= 0.3 is 0 Å². The van der Waals surface area contributed by atoms with Crippen LogP contribution in [0.15, 0.2) is 200 Å². The Morgan fingerprint density at radius 2 is 0.745 bits per heavy atom. The lowest BCUT2D eigenvalue weighted by Crippen LogP contribution is -2.28. The summed E-state index contributed by atoms with van der Waals surface area (Å²) in [6.07, 6.45) is 0.